The first kappa shape index (κ1) is 23.0. The summed E-state index contributed by atoms with van der Waals surface area (Å²) >= 11 is 0. The molecule has 2 N–H and O–H groups in total. The molecule has 2 aromatic carbocycles. The van der Waals surface area contributed by atoms with Gasteiger partial charge in [0.15, 0.2) is 5.96 Å². The van der Waals surface area contributed by atoms with E-state index >= 15 is 0 Å². The zero-order valence-electron chi connectivity index (χ0n) is 17.3. The zero-order chi connectivity index (χ0) is 22.3. The van der Waals surface area contributed by atoms with Crippen LogP contribution in [0, 0.1) is 5.82 Å². The molecule has 0 aromatic heterocycles. The lowest BCUT2D eigenvalue weighted by atomic mass is 10.1. The van der Waals surface area contributed by atoms with Crippen molar-refractivity contribution in [3.05, 3.63) is 70.5 Å². The fourth-order valence-electron chi connectivity index (χ4n) is 3.43. The van der Waals surface area contributed by atoms with Crippen LogP contribution in [0.1, 0.15) is 22.3 Å². The second-order valence-electron chi connectivity index (χ2n) is 7.24. The molecule has 1 heterocycles. The molecule has 1 aliphatic rings. The van der Waals surface area contributed by atoms with E-state index in [0.717, 1.165) is 50.5 Å². The number of morpholine rings is 1. The molecule has 0 amide bonds. The van der Waals surface area contributed by atoms with Crippen molar-refractivity contribution in [1.82, 2.24) is 15.5 Å². The van der Waals surface area contributed by atoms with Crippen LogP contribution in [0.25, 0.3) is 0 Å². The molecule has 0 unspecified atom stereocenters. The van der Waals surface area contributed by atoms with Crippen molar-refractivity contribution >= 4 is 5.96 Å². The molecule has 0 saturated carbocycles. The third-order valence-electron chi connectivity index (χ3n) is 5.11. The second kappa shape index (κ2) is 10.6. The molecule has 0 bridgehead atoms. The fourth-order valence-corrected chi connectivity index (χ4v) is 3.43. The summed E-state index contributed by atoms with van der Waals surface area (Å²) in [5.74, 6) is -0.561. The predicted octanol–water partition coefficient (Wildman–Crippen LogP) is 3.54. The van der Waals surface area contributed by atoms with E-state index in [1.54, 1.807) is 7.05 Å². The Morgan fingerprint density at radius 2 is 1.65 bits per heavy atom. The van der Waals surface area contributed by atoms with E-state index in [1.165, 1.54) is 5.56 Å². The number of alkyl halides is 3. The van der Waals surface area contributed by atoms with E-state index < -0.39 is 17.6 Å². The minimum absolute atomic E-state index is 0.0513. The monoisotopic (exact) mass is 438 g/mol. The number of halogens is 4. The number of nitrogens with zero attached hydrogens (tertiary/aromatic N) is 2. The van der Waals surface area contributed by atoms with Crippen molar-refractivity contribution in [1.29, 1.82) is 0 Å². The summed E-state index contributed by atoms with van der Waals surface area (Å²) < 4.78 is 58.2. The standard InChI is InChI=1S/C22H26F4N4O/c1-27-21(29-14-17-6-7-19(23)12-20(17)22(24,25)26)28-13-16-4-2-3-5-18(16)15-30-8-10-31-11-9-30/h2-7,12H,8-11,13-15H2,1H3,(H2,27,28,29). The molecule has 0 spiro atoms. The molecule has 1 saturated heterocycles. The lowest BCUT2D eigenvalue weighted by Gasteiger charge is -2.27. The summed E-state index contributed by atoms with van der Waals surface area (Å²) in [4.78, 5) is 6.41. The molecule has 0 aliphatic carbocycles. The average molecular weight is 438 g/mol. The Bertz CT molecular complexity index is 895. The number of benzene rings is 2. The van der Waals surface area contributed by atoms with Crippen LogP contribution in [0.15, 0.2) is 47.5 Å². The third kappa shape index (κ3) is 6.67. The number of aliphatic imine (C=N–C) groups is 1. The Balaban J connectivity index is 1.61. The highest BCUT2D eigenvalue weighted by molar-refractivity contribution is 5.79. The van der Waals surface area contributed by atoms with Crippen molar-refractivity contribution in [3.63, 3.8) is 0 Å². The maximum absolute atomic E-state index is 13.3. The summed E-state index contributed by atoms with van der Waals surface area (Å²) in [6.45, 7) is 4.34. The molecule has 1 aliphatic heterocycles. The van der Waals surface area contributed by atoms with Crippen LogP contribution in [0.5, 0.6) is 0 Å². The van der Waals surface area contributed by atoms with Crippen molar-refractivity contribution in [2.45, 2.75) is 25.8 Å². The van der Waals surface area contributed by atoms with Crippen LogP contribution >= 0.6 is 0 Å². The first-order chi connectivity index (χ1) is 14.9. The van der Waals surface area contributed by atoms with E-state index in [2.05, 4.69) is 26.6 Å². The summed E-state index contributed by atoms with van der Waals surface area (Å²) in [6.07, 6.45) is -4.63. The van der Waals surface area contributed by atoms with E-state index in [4.69, 9.17) is 4.74 Å². The molecule has 0 radical (unpaired) electrons. The third-order valence-corrected chi connectivity index (χ3v) is 5.11. The summed E-state index contributed by atoms with van der Waals surface area (Å²) in [5.41, 5.74) is 1.20. The number of nitrogens with one attached hydrogen (secondary N) is 2. The lowest BCUT2D eigenvalue weighted by Crippen LogP contribution is -2.38. The van der Waals surface area contributed by atoms with Gasteiger partial charge in [0.1, 0.15) is 5.82 Å². The minimum atomic E-state index is -4.63. The lowest BCUT2D eigenvalue weighted by molar-refractivity contribution is -0.138. The van der Waals surface area contributed by atoms with Gasteiger partial charge in [-0.1, -0.05) is 30.3 Å². The van der Waals surface area contributed by atoms with Gasteiger partial charge < -0.3 is 15.4 Å². The Morgan fingerprint density at radius 1 is 1.00 bits per heavy atom. The van der Waals surface area contributed by atoms with Gasteiger partial charge in [0.2, 0.25) is 0 Å². The van der Waals surface area contributed by atoms with Gasteiger partial charge >= 0.3 is 6.18 Å². The van der Waals surface area contributed by atoms with Crippen molar-refractivity contribution < 1.29 is 22.3 Å². The van der Waals surface area contributed by atoms with Crippen molar-refractivity contribution in [2.24, 2.45) is 4.99 Å². The van der Waals surface area contributed by atoms with Gasteiger partial charge in [0, 0.05) is 39.8 Å². The Morgan fingerprint density at radius 3 is 2.29 bits per heavy atom. The molecule has 0 atom stereocenters. The Kier molecular flexibility index (Phi) is 7.86. The summed E-state index contributed by atoms with van der Waals surface area (Å²) in [5, 5.41) is 6.02. The SMILES string of the molecule is CN=C(NCc1ccccc1CN1CCOCC1)NCc1ccc(F)cc1C(F)(F)F. The van der Waals surface area contributed by atoms with Gasteiger partial charge in [0.25, 0.3) is 0 Å². The number of ether oxygens (including phenoxy) is 1. The highest BCUT2D eigenvalue weighted by Crippen LogP contribution is 2.32. The smallest absolute Gasteiger partial charge is 0.379 e. The molecular weight excluding hydrogens is 412 g/mol. The van der Waals surface area contributed by atoms with Gasteiger partial charge in [-0.25, -0.2) is 4.39 Å². The number of rotatable bonds is 6. The average Bonchev–Trinajstić information content (AvgIpc) is 2.75. The van der Waals surface area contributed by atoms with Crippen LogP contribution in [-0.4, -0.2) is 44.2 Å². The maximum atomic E-state index is 13.3. The zero-order valence-corrected chi connectivity index (χ0v) is 17.3. The normalized spacial score (nSPS) is 15.7. The molecular formula is C22H26F4N4O. The molecule has 5 nitrogen and oxygen atoms in total. The van der Waals surface area contributed by atoms with Gasteiger partial charge in [-0.2, -0.15) is 13.2 Å². The van der Waals surface area contributed by atoms with Gasteiger partial charge in [-0.3, -0.25) is 9.89 Å². The number of guanidine groups is 1. The summed E-state index contributed by atoms with van der Waals surface area (Å²) in [7, 11) is 1.55. The quantitative estimate of drug-likeness (QED) is 0.412. The van der Waals surface area contributed by atoms with Gasteiger partial charge in [-0.15, -0.1) is 0 Å². The van der Waals surface area contributed by atoms with Crippen LogP contribution < -0.4 is 10.6 Å². The van der Waals surface area contributed by atoms with E-state index in [1.807, 2.05) is 18.2 Å². The fraction of sp³-hybridized carbons (Fsp3) is 0.409. The topological polar surface area (TPSA) is 48.9 Å². The van der Waals surface area contributed by atoms with E-state index in [-0.39, 0.29) is 12.1 Å². The van der Waals surface area contributed by atoms with Crippen molar-refractivity contribution in [2.75, 3.05) is 33.4 Å². The van der Waals surface area contributed by atoms with Crippen LogP contribution in [-0.2, 0) is 30.5 Å². The highest BCUT2D eigenvalue weighted by Gasteiger charge is 2.33. The molecule has 2 aromatic rings. The Hall–Kier alpha value is -2.65. The first-order valence-corrected chi connectivity index (χ1v) is 10.0. The van der Waals surface area contributed by atoms with Gasteiger partial charge in [0.05, 0.1) is 18.8 Å². The maximum Gasteiger partial charge on any atom is 0.416 e. The predicted molar refractivity (Wildman–Crippen MR) is 111 cm³/mol. The van der Waals surface area contributed by atoms with Crippen LogP contribution in [0.4, 0.5) is 17.6 Å². The second-order valence-corrected chi connectivity index (χ2v) is 7.24. The van der Waals surface area contributed by atoms with E-state index in [9.17, 15) is 17.6 Å². The van der Waals surface area contributed by atoms with Crippen LogP contribution in [0.2, 0.25) is 0 Å². The van der Waals surface area contributed by atoms with Crippen molar-refractivity contribution in [3.8, 4) is 0 Å². The Labute approximate surface area is 179 Å². The molecule has 1 fully saturated rings. The number of hydrogen-bond donors (Lipinski definition) is 2. The number of hydrogen-bond acceptors (Lipinski definition) is 3. The molecule has 168 valence electrons. The first-order valence-electron chi connectivity index (χ1n) is 10.0. The van der Waals surface area contributed by atoms with Crippen LogP contribution in [0.3, 0.4) is 0 Å². The molecule has 9 heteroatoms. The molecule has 31 heavy (non-hydrogen) atoms. The minimum Gasteiger partial charge on any atom is -0.379 e. The van der Waals surface area contributed by atoms with E-state index in [0.29, 0.717) is 18.6 Å². The summed E-state index contributed by atoms with van der Waals surface area (Å²) in [6, 6.07) is 10.7. The largest absolute Gasteiger partial charge is 0.416 e. The highest BCUT2D eigenvalue weighted by atomic mass is 19.4. The molecule has 3 rings (SSSR count). The van der Waals surface area contributed by atoms with Gasteiger partial charge in [-0.05, 0) is 28.8 Å².